The van der Waals surface area contributed by atoms with Crippen LogP contribution in [0.15, 0.2) is 5.16 Å². The molecule has 1 aromatic rings. The quantitative estimate of drug-likeness (QED) is 0.404. The molecule has 3 N–H and O–H groups in total. The van der Waals surface area contributed by atoms with Gasteiger partial charge in [0.1, 0.15) is 0 Å². The van der Waals surface area contributed by atoms with Crippen molar-refractivity contribution < 1.29 is 4.74 Å². The smallest absolute Gasteiger partial charge is 0.321 e. The van der Waals surface area contributed by atoms with Crippen LogP contribution in [0.5, 0.6) is 6.01 Å². The first-order valence-electron chi connectivity index (χ1n) is 5.85. The molecule has 0 spiro atoms. The van der Waals surface area contributed by atoms with Crippen LogP contribution in [0.1, 0.15) is 13.8 Å². The molecule has 18 heavy (non-hydrogen) atoms. The zero-order chi connectivity index (χ0) is 13.4. The van der Waals surface area contributed by atoms with Crippen molar-refractivity contribution in [3.63, 3.8) is 0 Å². The Morgan fingerprint density at radius 1 is 1.28 bits per heavy atom. The van der Waals surface area contributed by atoms with Crippen molar-refractivity contribution in [3.05, 3.63) is 0 Å². The van der Waals surface area contributed by atoms with Gasteiger partial charge in [0, 0.05) is 12.3 Å². The summed E-state index contributed by atoms with van der Waals surface area (Å²) in [5, 5.41) is 0.613. The number of ether oxygens (including phenoxy) is 1. The average molecular weight is 272 g/mol. The van der Waals surface area contributed by atoms with Crippen LogP contribution in [0.25, 0.3) is 0 Å². The molecule has 0 aromatic carbocycles. The summed E-state index contributed by atoms with van der Waals surface area (Å²) >= 11 is 1.56. The summed E-state index contributed by atoms with van der Waals surface area (Å²) in [5.74, 6) is 6.51. The van der Waals surface area contributed by atoms with E-state index in [4.69, 9.17) is 10.6 Å². The van der Waals surface area contributed by atoms with Gasteiger partial charge in [0.2, 0.25) is 5.95 Å². The van der Waals surface area contributed by atoms with Gasteiger partial charge in [-0.2, -0.15) is 15.0 Å². The highest BCUT2D eigenvalue weighted by atomic mass is 32.2. The Balaban J connectivity index is 2.55. The molecule has 8 heteroatoms. The van der Waals surface area contributed by atoms with Crippen LogP contribution in [0.4, 0.5) is 5.95 Å². The van der Waals surface area contributed by atoms with E-state index in [-0.39, 0.29) is 6.01 Å². The largest absolute Gasteiger partial charge is 0.467 e. The molecule has 1 heterocycles. The van der Waals surface area contributed by atoms with E-state index >= 15 is 0 Å². The van der Waals surface area contributed by atoms with Gasteiger partial charge >= 0.3 is 6.01 Å². The Kier molecular flexibility index (Phi) is 6.69. The van der Waals surface area contributed by atoms with E-state index in [0.29, 0.717) is 11.1 Å². The van der Waals surface area contributed by atoms with E-state index in [1.54, 1.807) is 11.8 Å². The molecular weight excluding hydrogens is 252 g/mol. The summed E-state index contributed by atoms with van der Waals surface area (Å²) in [6, 6.07) is 0.267. The van der Waals surface area contributed by atoms with Gasteiger partial charge in [-0.1, -0.05) is 25.6 Å². The summed E-state index contributed by atoms with van der Waals surface area (Å²) < 4.78 is 4.99. The number of hydrazine groups is 1. The monoisotopic (exact) mass is 272 g/mol. The van der Waals surface area contributed by atoms with Gasteiger partial charge < -0.3 is 9.64 Å². The summed E-state index contributed by atoms with van der Waals surface area (Å²) in [4.78, 5) is 14.6. The van der Waals surface area contributed by atoms with Gasteiger partial charge in [-0.05, 0) is 13.1 Å². The minimum absolute atomic E-state index is 0.267. The number of hydrogen-bond acceptors (Lipinski definition) is 8. The number of hydrogen-bond donors (Lipinski definition) is 2. The third-order valence-corrected chi connectivity index (χ3v) is 3.27. The Morgan fingerprint density at radius 2 is 2.00 bits per heavy atom. The Bertz CT molecular complexity index is 338. The minimum Gasteiger partial charge on any atom is -0.467 e. The lowest BCUT2D eigenvalue weighted by molar-refractivity contribution is 0.323. The zero-order valence-corrected chi connectivity index (χ0v) is 11.8. The molecular formula is C10H20N6OS. The van der Waals surface area contributed by atoms with Gasteiger partial charge in [0.25, 0.3) is 0 Å². The molecule has 0 radical (unpaired) electrons. The van der Waals surface area contributed by atoms with Gasteiger partial charge in [0.15, 0.2) is 5.16 Å². The number of rotatable bonds is 8. The fourth-order valence-electron chi connectivity index (χ4n) is 1.36. The van der Waals surface area contributed by atoms with Crippen LogP contribution in [-0.4, -0.2) is 52.3 Å². The number of thioether (sulfide) groups is 1. The predicted octanol–water partition coefficient (Wildman–Crippen LogP) is 0.600. The van der Waals surface area contributed by atoms with Crippen LogP contribution < -0.4 is 16.0 Å². The molecule has 0 fully saturated rings. The molecule has 0 saturated carbocycles. The van der Waals surface area contributed by atoms with E-state index < -0.39 is 0 Å². The highest BCUT2D eigenvalue weighted by Gasteiger charge is 2.07. The number of methoxy groups -OCH3 is 1. The average Bonchev–Trinajstić information content (AvgIpc) is 2.43. The second kappa shape index (κ2) is 8.06. The fraction of sp³-hybridized carbons (Fsp3) is 0.700. The van der Waals surface area contributed by atoms with Gasteiger partial charge in [-0.3, -0.25) is 5.43 Å². The molecule has 0 bridgehead atoms. The molecule has 1 rings (SSSR count). The molecule has 0 atom stereocenters. The molecule has 1 aromatic heterocycles. The van der Waals surface area contributed by atoms with Crippen molar-refractivity contribution in [2.24, 2.45) is 5.84 Å². The number of nitrogens with zero attached hydrogens (tertiary/aromatic N) is 4. The topological polar surface area (TPSA) is 89.2 Å². The third-order valence-electron chi connectivity index (χ3n) is 2.44. The van der Waals surface area contributed by atoms with Gasteiger partial charge in [-0.15, -0.1) is 0 Å². The molecule has 0 aliphatic heterocycles. The van der Waals surface area contributed by atoms with E-state index in [9.17, 15) is 0 Å². The fourth-order valence-corrected chi connectivity index (χ4v) is 2.19. The van der Waals surface area contributed by atoms with Gasteiger partial charge in [-0.25, -0.2) is 5.84 Å². The predicted molar refractivity (Wildman–Crippen MR) is 72.7 cm³/mol. The molecule has 0 aliphatic rings. The first kappa shape index (κ1) is 14.9. The SMILES string of the molecule is CCN(CC)CCSc1nc(NN)nc(OC)n1. The lowest BCUT2D eigenvalue weighted by Gasteiger charge is -2.16. The van der Waals surface area contributed by atoms with Crippen molar-refractivity contribution >= 4 is 17.7 Å². The Labute approximate surface area is 112 Å². The normalized spacial score (nSPS) is 10.7. The molecule has 0 saturated heterocycles. The van der Waals surface area contributed by atoms with Crippen molar-refractivity contribution in [2.75, 3.05) is 37.9 Å². The second-order valence-electron chi connectivity index (χ2n) is 3.45. The van der Waals surface area contributed by atoms with E-state index in [1.165, 1.54) is 7.11 Å². The van der Waals surface area contributed by atoms with Crippen LogP contribution >= 0.6 is 11.8 Å². The lowest BCUT2D eigenvalue weighted by Crippen LogP contribution is -2.25. The van der Waals surface area contributed by atoms with Crippen LogP contribution in [0.3, 0.4) is 0 Å². The van der Waals surface area contributed by atoms with Gasteiger partial charge in [0.05, 0.1) is 7.11 Å². The first-order valence-corrected chi connectivity index (χ1v) is 6.83. The van der Waals surface area contributed by atoms with Crippen molar-refractivity contribution in [3.8, 4) is 6.01 Å². The van der Waals surface area contributed by atoms with Crippen molar-refractivity contribution in [2.45, 2.75) is 19.0 Å². The number of anilines is 1. The maximum Gasteiger partial charge on any atom is 0.321 e. The molecule has 102 valence electrons. The second-order valence-corrected chi connectivity index (χ2v) is 4.51. The molecule has 0 aliphatic carbocycles. The third kappa shape index (κ3) is 4.63. The van der Waals surface area contributed by atoms with E-state index in [1.807, 2.05) is 0 Å². The van der Waals surface area contributed by atoms with Crippen molar-refractivity contribution in [1.82, 2.24) is 19.9 Å². The zero-order valence-electron chi connectivity index (χ0n) is 11.0. The summed E-state index contributed by atoms with van der Waals surface area (Å²) in [5.41, 5.74) is 2.40. The Morgan fingerprint density at radius 3 is 2.56 bits per heavy atom. The number of nitrogen functional groups attached to an aromatic ring is 1. The maximum absolute atomic E-state index is 5.29. The molecule has 0 unspecified atom stereocenters. The number of nitrogens with two attached hydrogens (primary N) is 1. The highest BCUT2D eigenvalue weighted by Crippen LogP contribution is 2.17. The number of aromatic nitrogens is 3. The van der Waals surface area contributed by atoms with Crippen LogP contribution in [0, 0.1) is 0 Å². The lowest BCUT2D eigenvalue weighted by atomic mass is 10.5. The standard InChI is InChI=1S/C10H20N6OS/c1-4-16(5-2)6-7-18-10-13-8(15-11)12-9(14-10)17-3/h4-7,11H2,1-3H3,(H,12,13,14,15). The number of nitrogens with one attached hydrogen (secondary N) is 1. The summed E-state index contributed by atoms with van der Waals surface area (Å²) in [7, 11) is 1.51. The highest BCUT2D eigenvalue weighted by molar-refractivity contribution is 7.99. The van der Waals surface area contributed by atoms with Crippen LogP contribution in [0.2, 0.25) is 0 Å². The molecule has 0 amide bonds. The van der Waals surface area contributed by atoms with E-state index in [2.05, 4.69) is 39.1 Å². The minimum atomic E-state index is 0.267. The molecule has 7 nitrogen and oxygen atoms in total. The maximum atomic E-state index is 5.29. The van der Waals surface area contributed by atoms with Crippen molar-refractivity contribution in [1.29, 1.82) is 0 Å². The van der Waals surface area contributed by atoms with E-state index in [0.717, 1.165) is 25.4 Å². The first-order chi connectivity index (χ1) is 8.73. The van der Waals surface area contributed by atoms with Crippen LogP contribution in [-0.2, 0) is 0 Å². The Hall–Kier alpha value is -1.12. The summed E-state index contributed by atoms with van der Waals surface area (Å²) in [6.07, 6.45) is 0. The summed E-state index contributed by atoms with van der Waals surface area (Å²) in [6.45, 7) is 7.39.